The normalized spacial score (nSPS) is 14.3. The van der Waals surface area contributed by atoms with Gasteiger partial charge in [-0.05, 0) is 42.7 Å². The van der Waals surface area contributed by atoms with E-state index in [1.54, 1.807) is 24.3 Å². The predicted octanol–water partition coefficient (Wildman–Crippen LogP) is 5.88. The summed E-state index contributed by atoms with van der Waals surface area (Å²) < 4.78 is 51.5. The zero-order valence-electron chi connectivity index (χ0n) is 23.5. The van der Waals surface area contributed by atoms with Crippen molar-refractivity contribution in [1.82, 2.24) is 20.1 Å². The number of carbonyl (C=O) groups is 2. The molecule has 6 rings (SSSR count). The number of rotatable bonds is 9. The highest BCUT2D eigenvalue weighted by molar-refractivity contribution is 6.31. The lowest BCUT2D eigenvalue weighted by atomic mass is 9.88. The number of hydrogen-bond donors (Lipinski definition) is 3. The van der Waals surface area contributed by atoms with E-state index in [0.717, 1.165) is 25.0 Å². The highest BCUT2D eigenvalue weighted by Crippen LogP contribution is 2.38. The van der Waals surface area contributed by atoms with Crippen LogP contribution in [0.5, 0.6) is 5.75 Å². The average molecular weight is 637 g/mol. The Morgan fingerprint density at radius 1 is 1.09 bits per heavy atom. The Balaban J connectivity index is 1.42. The first-order valence-corrected chi connectivity index (χ1v) is 14.1. The standard InChI is InChI=1S/C32H24ClF3N4O5/c1-45-25-10-16(9-17-14-40(19-7-8-19)39-28(17)25)30(41)37-15-32(44,18-5-3-2-4-6-18)26-12-21(31(42)43)27(36)29(38-26)20-11-22(33)24(35)13-23(20)34/h2-6,9-14,19,44H,7-8,15H2,1H3,(H,37,41)(H,42,43)/t32-/m1/s1. The van der Waals surface area contributed by atoms with Crippen LogP contribution in [0.3, 0.4) is 0 Å². The fourth-order valence-corrected chi connectivity index (χ4v) is 5.24. The summed E-state index contributed by atoms with van der Waals surface area (Å²) in [7, 11) is 1.45. The van der Waals surface area contributed by atoms with Crippen LogP contribution in [0.4, 0.5) is 13.2 Å². The van der Waals surface area contributed by atoms with E-state index in [2.05, 4.69) is 15.4 Å². The maximum absolute atomic E-state index is 15.5. The smallest absolute Gasteiger partial charge is 0.338 e. The van der Waals surface area contributed by atoms with Crippen molar-refractivity contribution in [2.75, 3.05) is 13.7 Å². The van der Waals surface area contributed by atoms with Crippen molar-refractivity contribution >= 4 is 34.4 Å². The van der Waals surface area contributed by atoms with Crippen LogP contribution in [0.2, 0.25) is 5.02 Å². The van der Waals surface area contributed by atoms with E-state index < -0.39 is 69.0 Å². The van der Waals surface area contributed by atoms with Crippen LogP contribution in [0, 0.1) is 17.5 Å². The summed E-state index contributed by atoms with van der Waals surface area (Å²) in [6.07, 6.45) is 3.83. The van der Waals surface area contributed by atoms with Gasteiger partial charge in [0.25, 0.3) is 5.91 Å². The maximum Gasteiger partial charge on any atom is 0.338 e. The van der Waals surface area contributed by atoms with Crippen LogP contribution < -0.4 is 10.1 Å². The number of nitrogens with zero attached hydrogens (tertiary/aromatic N) is 3. The van der Waals surface area contributed by atoms with Gasteiger partial charge in [-0.15, -0.1) is 0 Å². The number of pyridine rings is 1. The van der Waals surface area contributed by atoms with Gasteiger partial charge in [0.2, 0.25) is 0 Å². The molecule has 45 heavy (non-hydrogen) atoms. The number of amides is 1. The van der Waals surface area contributed by atoms with Crippen molar-refractivity contribution in [3.63, 3.8) is 0 Å². The molecule has 1 aliphatic rings. The highest BCUT2D eigenvalue weighted by atomic mass is 35.5. The SMILES string of the molecule is COc1cc(C(=O)NC[C@@](O)(c2ccccc2)c2cc(C(=O)O)c(F)c(-c3cc(Cl)c(F)cc3F)n2)cc2cn(C3CC3)nc12. The van der Waals surface area contributed by atoms with Gasteiger partial charge in [0, 0.05) is 28.8 Å². The third-order valence-electron chi connectivity index (χ3n) is 7.63. The monoisotopic (exact) mass is 636 g/mol. The third-order valence-corrected chi connectivity index (χ3v) is 7.92. The van der Waals surface area contributed by atoms with Crippen molar-refractivity contribution in [2.45, 2.75) is 24.5 Å². The van der Waals surface area contributed by atoms with E-state index >= 15 is 4.39 Å². The maximum atomic E-state index is 15.5. The summed E-state index contributed by atoms with van der Waals surface area (Å²) in [5.41, 5.74) is -4.16. The largest absolute Gasteiger partial charge is 0.494 e. The number of halogens is 4. The molecule has 9 nitrogen and oxygen atoms in total. The second kappa shape index (κ2) is 11.5. The summed E-state index contributed by atoms with van der Waals surface area (Å²) in [4.78, 5) is 29.7. The molecule has 0 saturated heterocycles. The Hall–Kier alpha value is -4.94. The number of aliphatic hydroxyl groups is 1. The molecular weight excluding hydrogens is 613 g/mol. The Morgan fingerprint density at radius 3 is 2.49 bits per heavy atom. The van der Waals surface area contributed by atoms with Gasteiger partial charge in [0.15, 0.2) is 5.82 Å². The molecule has 1 saturated carbocycles. The molecule has 0 spiro atoms. The van der Waals surface area contributed by atoms with Gasteiger partial charge in [0.05, 0.1) is 36.0 Å². The van der Waals surface area contributed by atoms with Crippen LogP contribution in [0.25, 0.3) is 22.2 Å². The lowest BCUT2D eigenvalue weighted by Gasteiger charge is -2.29. The molecule has 1 amide bonds. The third kappa shape index (κ3) is 5.58. The molecule has 0 radical (unpaired) electrons. The van der Waals surface area contributed by atoms with Crippen LogP contribution in [0.1, 0.15) is 50.9 Å². The number of carbonyl (C=O) groups excluding carboxylic acids is 1. The van der Waals surface area contributed by atoms with Gasteiger partial charge >= 0.3 is 5.97 Å². The van der Waals surface area contributed by atoms with Crippen LogP contribution in [-0.4, -0.2) is 50.5 Å². The summed E-state index contributed by atoms with van der Waals surface area (Å²) in [6, 6.07) is 13.2. The summed E-state index contributed by atoms with van der Waals surface area (Å²) in [6.45, 7) is -0.568. The zero-order chi connectivity index (χ0) is 32.0. The number of fused-ring (bicyclic) bond motifs is 1. The molecule has 5 aromatic rings. The van der Waals surface area contributed by atoms with Gasteiger partial charge < -0.3 is 20.3 Å². The van der Waals surface area contributed by atoms with E-state index in [1.807, 2.05) is 10.9 Å². The van der Waals surface area contributed by atoms with Crippen molar-refractivity contribution < 1.29 is 37.7 Å². The number of nitrogens with one attached hydrogen (secondary N) is 1. The van der Waals surface area contributed by atoms with Gasteiger partial charge in [-0.2, -0.15) is 5.10 Å². The Morgan fingerprint density at radius 2 is 1.82 bits per heavy atom. The molecule has 3 N–H and O–H groups in total. The highest BCUT2D eigenvalue weighted by Gasteiger charge is 2.37. The van der Waals surface area contributed by atoms with E-state index in [9.17, 15) is 28.6 Å². The molecular formula is C32H24ClF3N4O5. The number of methoxy groups -OCH3 is 1. The van der Waals surface area contributed by atoms with Crippen molar-refractivity contribution in [2.24, 2.45) is 0 Å². The van der Waals surface area contributed by atoms with Gasteiger partial charge in [-0.3, -0.25) is 9.48 Å². The molecule has 2 heterocycles. The van der Waals surface area contributed by atoms with Gasteiger partial charge in [-0.1, -0.05) is 41.9 Å². The average Bonchev–Trinajstić information content (AvgIpc) is 3.79. The molecule has 0 unspecified atom stereocenters. The number of aromatic nitrogens is 3. The summed E-state index contributed by atoms with van der Waals surface area (Å²) in [5, 5.41) is 29.2. The number of aromatic carboxylic acids is 1. The van der Waals surface area contributed by atoms with Crippen LogP contribution >= 0.6 is 11.6 Å². The predicted molar refractivity (Wildman–Crippen MR) is 158 cm³/mol. The van der Waals surface area contributed by atoms with E-state index in [0.29, 0.717) is 28.8 Å². The molecule has 13 heteroatoms. The number of carboxylic acid groups (broad SMARTS) is 1. The minimum Gasteiger partial charge on any atom is -0.494 e. The first-order valence-electron chi connectivity index (χ1n) is 13.7. The lowest BCUT2D eigenvalue weighted by Crippen LogP contribution is -2.42. The van der Waals surface area contributed by atoms with Gasteiger partial charge in [0.1, 0.15) is 34.2 Å². The summed E-state index contributed by atoms with van der Waals surface area (Å²) in [5.74, 6) is -5.81. The zero-order valence-corrected chi connectivity index (χ0v) is 24.3. The Kier molecular flexibility index (Phi) is 7.71. The van der Waals surface area contributed by atoms with E-state index in [4.69, 9.17) is 16.3 Å². The fourth-order valence-electron chi connectivity index (χ4n) is 5.08. The number of ether oxygens (including phenoxy) is 1. The fraction of sp³-hybridized carbons (Fsp3) is 0.188. The minimum atomic E-state index is -2.26. The molecule has 1 fully saturated rings. The van der Waals surface area contributed by atoms with Crippen molar-refractivity contribution in [1.29, 1.82) is 0 Å². The second-order valence-electron chi connectivity index (χ2n) is 10.6. The van der Waals surface area contributed by atoms with Crippen molar-refractivity contribution in [3.05, 3.63) is 112 Å². The first kappa shape index (κ1) is 30.1. The molecule has 1 aliphatic carbocycles. The molecule has 0 aliphatic heterocycles. The van der Waals surface area contributed by atoms with Crippen LogP contribution in [-0.2, 0) is 5.60 Å². The van der Waals surface area contributed by atoms with Crippen LogP contribution in [0.15, 0.2) is 66.9 Å². The quantitative estimate of drug-likeness (QED) is 0.173. The molecule has 3 aromatic carbocycles. The Labute approximate surface area is 258 Å². The summed E-state index contributed by atoms with van der Waals surface area (Å²) >= 11 is 5.82. The number of carboxylic acids is 1. The number of benzene rings is 3. The topological polar surface area (TPSA) is 127 Å². The Bertz CT molecular complexity index is 1980. The number of hydrogen-bond acceptors (Lipinski definition) is 6. The van der Waals surface area contributed by atoms with Gasteiger partial charge in [-0.25, -0.2) is 22.9 Å². The second-order valence-corrected chi connectivity index (χ2v) is 11.0. The minimum absolute atomic E-state index is 0.156. The first-order chi connectivity index (χ1) is 21.5. The van der Waals surface area contributed by atoms with E-state index in [1.165, 1.54) is 25.3 Å². The molecule has 2 aromatic heterocycles. The van der Waals surface area contributed by atoms with E-state index in [-0.39, 0.29) is 11.1 Å². The molecule has 0 bridgehead atoms. The lowest BCUT2D eigenvalue weighted by molar-refractivity contribution is 0.0650. The molecule has 1 atom stereocenters. The molecule has 230 valence electrons. The van der Waals surface area contributed by atoms with Crippen molar-refractivity contribution in [3.8, 4) is 17.0 Å².